The molecule has 1 heterocycles. The van der Waals surface area contributed by atoms with Crippen molar-refractivity contribution in [2.45, 2.75) is 26.4 Å². The van der Waals surface area contributed by atoms with Gasteiger partial charge >= 0.3 is 0 Å². The van der Waals surface area contributed by atoms with E-state index in [1.165, 1.54) is 5.56 Å². The fourth-order valence-electron chi connectivity index (χ4n) is 2.02. The Morgan fingerprint density at radius 2 is 2.18 bits per heavy atom. The zero-order valence-corrected chi connectivity index (χ0v) is 11.6. The molecule has 0 saturated heterocycles. The molecule has 0 aliphatic rings. The molecule has 2 rings (SSSR count). The predicted molar refractivity (Wildman–Crippen MR) is 72.8 cm³/mol. The van der Waals surface area contributed by atoms with Gasteiger partial charge in [0.1, 0.15) is 0 Å². The molecular formula is C13H16BrN3. The highest BCUT2D eigenvalue weighted by molar-refractivity contribution is 9.10. The first-order chi connectivity index (χ1) is 8.13. The van der Waals surface area contributed by atoms with Crippen molar-refractivity contribution in [3.63, 3.8) is 0 Å². The molecule has 0 radical (unpaired) electrons. The number of nitrogens with two attached hydrogens (primary N) is 1. The lowest BCUT2D eigenvalue weighted by Gasteiger charge is -2.16. The minimum Gasteiger partial charge on any atom is -0.319 e. The highest BCUT2D eigenvalue weighted by Gasteiger charge is 2.15. The molecule has 1 aromatic heterocycles. The van der Waals surface area contributed by atoms with Crippen LogP contribution in [0, 0.1) is 6.92 Å². The summed E-state index contributed by atoms with van der Waals surface area (Å²) in [5.74, 6) is 0. The summed E-state index contributed by atoms with van der Waals surface area (Å²) in [4.78, 5) is 0. The lowest BCUT2D eigenvalue weighted by atomic mass is 9.99. The van der Waals surface area contributed by atoms with Crippen LogP contribution in [0.4, 0.5) is 0 Å². The largest absolute Gasteiger partial charge is 0.319 e. The van der Waals surface area contributed by atoms with Crippen LogP contribution in [-0.2, 0) is 6.54 Å². The smallest absolute Gasteiger partial charge is 0.0725 e. The monoisotopic (exact) mass is 293 g/mol. The molecule has 0 saturated carbocycles. The molecule has 0 aliphatic carbocycles. The summed E-state index contributed by atoms with van der Waals surface area (Å²) in [5.41, 5.74) is 9.70. The molecule has 0 amide bonds. The maximum atomic E-state index is 6.31. The normalized spacial score (nSPS) is 12.7. The topological polar surface area (TPSA) is 43.8 Å². The zero-order chi connectivity index (χ0) is 12.4. The minimum atomic E-state index is -0.120. The average molecular weight is 294 g/mol. The summed E-state index contributed by atoms with van der Waals surface area (Å²) in [6.07, 6.45) is 1.80. The Labute approximate surface area is 110 Å². The Kier molecular flexibility index (Phi) is 3.64. The third kappa shape index (κ3) is 2.42. The van der Waals surface area contributed by atoms with Crippen molar-refractivity contribution in [2.75, 3.05) is 0 Å². The SMILES string of the molecule is CCn1nccc1C(N)c1ccc(Br)cc1C. The van der Waals surface area contributed by atoms with Gasteiger partial charge in [-0.1, -0.05) is 22.0 Å². The fraction of sp³-hybridized carbons (Fsp3) is 0.308. The summed E-state index contributed by atoms with van der Waals surface area (Å²) >= 11 is 3.46. The zero-order valence-electron chi connectivity index (χ0n) is 10.0. The van der Waals surface area contributed by atoms with E-state index in [4.69, 9.17) is 5.73 Å². The number of rotatable bonds is 3. The molecule has 0 fully saturated rings. The van der Waals surface area contributed by atoms with Crippen LogP contribution in [0.15, 0.2) is 34.9 Å². The molecule has 0 bridgehead atoms. The van der Waals surface area contributed by atoms with Gasteiger partial charge in [-0.15, -0.1) is 0 Å². The van der Waals surface area contributed by atoms with E-state index < -0.39 is 0 Å². The number of hydrogen-bond acceptors (Lipinski definition) is 2. The Hall–Kier alpha value is -1.13. The van der Waals surface area contributed by atoms with Gasteiger partial charge in [0, 0.05) is 17.2 Å². The summed E-state index contributed by atoms with van der Waals surface area (Å²) in [6.45, 7) is 4.98. The molecule has 3 nitrogen and oxygen atoms in total. The number of hydrogen-bond donors (Lipinski definition) is 1. The molecule has 0 spiro atoms. The number of nitrogens with zero attached hydrogens (tertiary/aromatic N) is 2. The van der Waals surface area contributed by atoms with Gasteiger partial charge in [0.05, 0.1) is 11.7 Å². The van der Waals surface area contributed by atoms with Crippen LogP contribution in [0.3, 0.4) is 0 Å². The lowest BCUT2D eigenvalue weighted by molar-refractivity contribution is 0.600. The van der Waals surface area contributed by atoms with E-state index in [0.717, 1.165) is 22.3 Å². The fourth-order valence-corrected chi connectivity index (χ4v) is 2.49. The second-order valence-corrected chi connectivity index (χ2v) is 4.97. The van der Waals surface area contributed by atoms with Gasteiger partial charge in [-0.2, -0.15) is 5.10 Å². The number of aryl methyl sites for hydroxylation is 2. The summed E-state index contributed by atoms with van der Waals surface area (Å²) in [6, 6.07) is 8.04. The van der Waals surface area contributed by atoms with E-state index >= 15 is 0 Å². The molecule has 2 N–H and O–H groups in total. The summed E-state index contributed by atoms with van der Waals surface area (Å²) < 4.78 is 3.02. The molecule has 17 heavy (non-hydrogen) atoms. The first kappa shape index (κ1) is 12.3. The van der Waals surface area contributed by atoms with Gasteiger partial charge in [-0.3, -0.25) is 4.68 Å². The Morgan fingerprint density at radius 1 is 1.41 bits per heavy atom. The highest BCUT2D eigenvalue weighted by atomic mass is 79.9. The number of aromatic nitrogens is 2. The molecule has 0 aliphatic heterocycles. The molecular weight excluding hydrogens is 278 g/mol. The predicted octanol–water partition coefficient (Wildman–Crippen LogP) is 3.02. The van der Waals surface area contributed by atoms with Gasteiger partial charge in [0.2, 0.25) is 0 Å². The molecule has 90 valence electrons. The molecule has 1 atom stereocenters. The molecule has 1 aromatic carbocycles. The van der Waals surface area contributed by atoms with Crippen LogP contribution < -0.4 is 5.73 Å². The van der Waals surface area contributed by atoms with E-state index in [-0.39, 0.29) is 6.04 Å². The summed E-state index contributed by atoms with van der Waals surface area (Å²) in [5, 5.41) is 4.26. The quantitative estimate of drug-likeness (QED) is 0.945. The van der Waals surface area contributed by atoms with Crippen LogP contribution in [-0.4, -0.2) is 9.78 Å². The maximum Gasteiger partial charge on any atom is 0.0725 e. The van der Waals surface area contributed by atoms with Crippen molar-refractivity contribution < 1.29 is 0 Å². The number of halogens is 1. The average Bonchev–Trinajstić information content (AvgIpc) is 2.76. The second kappa shape index (κ2) is 5.02. The van der Waals surface area contributed by atoms with Crippen molar-refractivity contribution in [1.82, 2.24) is 9.78 Å². The van der Waals surface area contributed by atoms with Crippen molar-refractivity contribution in [3.05, 3.63) is 51.8 Å². The van der Waals surface area contributed by atoms with Crippen LogP contribution in [0.25, 0.3) is 0 Å². The Balaban J connectivity index is 2.40. The van der Waals surface area contributed by atoms with Crippen molar-refractivity contribution >= 4 is 15.9 Å². The highest BCUT2D eigenvalue weighted by Crippen LogP contribution is 2.24. The van der Waals surface area contributed by atoms with E-state index in [9.17, 15) is 0 Å². The van der Waals surface area contributed by atoms with Gasteiger partial charge in [-0.25, -0.2) is 0 Å². The summed E-state index contributed by atoms with van der Waals surface area (Å²) in [7, 11) is 0. The van der Waals surface area contributed by atoms with Crippen LogP contribution in [0.1, 0.15) is 29.8 Å². The van der Waals surface area contributed by atoms with Crippen LogP contribution >= 0.6 is 15.9 Å². The van der Waals surface area contributed by atoms with Gasteiger partial charge in [0.15, 0.2) is 0 Å². The Bertz CT molecular complexity index is 519. The standard InChI is InChI=1S/C13H16BrN3/c1-3-17-12(6-7-16-17)13(15)11-5-4-10(14)8-9(11)2/h4-8,13H,3,15H2,1-2H3. The van der Waals surface area contributed by atoms with Crippen molar-refractivity contribution in [1.29, 1.82) is 0 Å². The minimum absolute atomic E-state index is 0.120. The molecule has 1 unspecified atom stereocenters. The second-order valence-electron chi connectivity index (χ2n) is 4.05. The van der Waals surface area contributed by atoms with Gasteiger partial charge in [-0.05, 0) is 43.2 Å². The van der Waals surface area contributed by atoms with Crippen LogP contribution in [0.5, 0.6) is 0 Å². The van der Waals surface area contributed by atoms with E-state index in [1.54, 1.807) is 6.20 Å². The van der Waals surface area contributed by atoms with Crippen molar-refractivity contribution in [2.24, 2.45) is 5.73 Å². The van der Waals surface area contributed by atoms with Gasteiger partial charge < -0.3 is 5.73 Å². The van der Waals surface area contributed by atoms with E-state index in [0.29, 0.717) is 0 Å². The third-order valence-electron chi connectivity index (χ3n) is 2.93. The Morgan fingerprint density at radius 3 is 2.82 bits per heavy atom. The van der Waals surface area contributed by atoms with E-state index in [1.807, 2.05) is 16.8 Å². The number of benzene rings is 1. The molecule has 2 aromatic rings. The third-order valence-corrected chi connectivity index (χ3v) is 3.43. The van der Waals surface area contributed by atoms with Crippen LogP contribution in [0.2, 0.25) is 0 Å². The van der Waals surface area contributed by atoms with Gasteiger partial charge in [0.25, 0.3) is 0 Å². The first-order valence-electron chi connectivity index (χ1n) is 5.66. The van der Waals surface area contributed by atoms with Crippen molar-refractivity contribution in [3.8, 4) is 0 Å². The molecule has 4 heteroatoms. The van der Waals surface area contributed by atoms with E-state index in [2.05, 4.69) is 47.0 Å². The lowest BCUT2D eigenvalue weighted by Crippen LogP contribution is -2.18. The first-order valence-corrected chi connectivity index (χ1v) is 6.46. The maximum absolute atomic E-state index is 6.31.